The second-order valence-electron chi connectivity index (χ2n) is 4.53. The molecule has 3 rings (SSSR count). The normalized spacial score (nSPS) is 10.4. The fourth-order valence-corrected chi connectivity index (χ4v) is 2.37. The summed E-state index contributed by atoms with van der Waals surface area (Å²) in [5.41, 5.74) is 0.972. The van der Waals surface area contributed by atoms with Gasteiger partial charge in [0.05, 0.1) is 10.7 Å². The van der Waals surface area contributed by atoms with Gasteiger partial charge in [0.25, 0.3) is 0 Å². The molecule has 0 bridgehead atoms. The minimum Gasteiger partial charge on any atom is -0.457 e. The van der Waals surface area contributed by atoms with Crippen molar-refractivity contribution in [3.63, 3.8) is 0 Å². The zero-order valence-electron chi connectivity index (χ0n) is 11.5. The number of aromatic nitrogens is 2. The number of ether oxygens (including phenoxy) is 1. The van der Waals surface area contributed by atoms with E-state index in [0.717, 1.165) is 27.5 Å². The summed E-state index contributed by atoms with van der Waals surface area (Å²) in [4.78, 5) is 0. The van der Waals surface area contributed by atoms with Gasteiger partial charge in [0, 0.05) is 12.7 Å². The Bertz CT molecular complexity index is 704. The van der Waals surface area contributed by atoms with Crippen LogP contribution in [0.1, 0.15) is 0 Å². The van der Waals surface area contributed by atoms with Crippen LogP contribution >= 0.6 is 15.9 Å². The van der Waals surface area contributed by atoms with E-state index in [9.17, 15) is 0 Å². The standard InChI is InChI=1S/C16H14BrN3O/c1-20-16(15(17)11-18-20)19-12-7-9-14(10-8-12)21-13-5-3-2-4-6-13/h2-11,19H,1H3. The van der Waals surface area contributed by atoms with Gasteiger partial charge in [0.15, 0.2) is 0 Å². The number of aryl methyl sites for hydroxylation is 1. The van der Waals surface area contributed by atoms with Gasteiger partial charge in [-0.1, -0.05) is 18.2 Å². The summed E-state index contributed by atoms with van der Waals surface area (Å²) in [7, 11) is 1.89. The third kappa shape index (κ3) is 3.25. The van der Waals surface area contributed by atoms with Crippen LogP contribution in [0.3, 0.4) is 0 Å². The molecule has 1 aromatic heterocycles. The number of halogens is 1. The monoisotopic (exact) mass is 343 g/mol. The predicted molar refractivity (Wildman–Crippen MR) is 87.1 cm³/mol. The second kappa shape index (κ2) is 6.01. The lowest BCUT2D eigenvalue weighted by atomic mass is 10.3. The van der Waals surface area contributed by atoms with E-state index in [0.29, 0.717) is 0 Å². The molecule has 5 heteroatoms. The molecule has 0 aliphatic carbocycles. The first-order valence-electron chi connectivity index (χ1n) is 6.50. The molecular formula is C16H14BrN3O. The van der Waals surface area contributed by atoms with Crippen LogP contribution in [-0.2, 0) is 7.05 Å². The zero-order chi connectivity index (χ0) is 14.7. The van der Waals surface area contributed by atoms with Crippen LogP contribution in [0, 0.1) is 0 Å². The highest BCUT2D eigenvalue weighted by atomic mass is 79.9. The molecule has 1 N–H and O–H groups in total. The molecule has 21 heavy (non-hydrogen) atoms. The van der Waals surface area contributed by atoms with Crippen LogP contribution in [0.2, 0.25) is 0 Å². The van der Waals surface area contributed by atoms with Crippen LogP contribution in [0.4, 0.5) is 11.5 Å². The second-order valence-corrected chi connectivity index (χ2v) is 5.38. The lowest BCUT2D eigenvalue weighted by Gasteiger charge is -2.09. The number of rotatable bonds is 4. The molecule has 0 saturated heterocycles. The maximum absolute atomic E-state index is 5.76. The Kier molecular flexibility index (Phi) is 3.92. The average molecular weight is 344 g/mol. The van der Waals surface area contributed by atoms with E-state index in [-0.39, 0.29) is 0 Å². The van der Waals surface area contributed by atoms with Crippen molar-refractivity contribution in [2.45, 2.75) is 0 Å². The van der Waals surface area contributed by atoms with Gasteiger partial charge in [0.2, 0.25) is 0 Å². The Hall–Kier alpha value is -2.27. The highest BCUT2D eigenvalue weighted by molar-refractivity contribution is 9.10. The van der Waals surface area contributed by atoms with Gasteiger partial charge < -0.3 is 10.1 Å². The number of anilines is 2. The number of hydrogen-bond donors (Lipinski definition) is 1. The first-order chi connectivity index (χ1) is 10.2. The van der Waals surface area contributed by atoms with E-state index in [4.69, 9.17) is 4.74 Å². The summed E-state index contributed by atoms with van der Waals surface area (Å²) in [5, 5.41) is 7.48. The molecule has 0 aliphatic heterocycles. The molecule has 0 atom stereocenters. The average Bonchev–Trinajstić information content (AvgIpc) is 2.82. The summed E-state index contributed by atoms with van der Waals surface area (Å²) in [6, 6.07) is 17.5. The van der Waals surface area contributed by atoms with Crippen LogP contribution in [0.25, 0.3) is 0 Å². The molecule has 1 heterocycles. The van der Waals surface area contributed by atoms with Crippen LogP contribution in [-0.4, -0.2) is 9.78 Å². The molecule has 0 unspecified atom stereocenters. The molecular weight excluding hydrogens is 330 g/mol. The SMILES string of the molecule is Cn1ncc(Br)c1Nc1ccc(Oc2ccccc2)cc1. The largest absolute Gasteiger partial charge is 0.457 e. The quantitative estimate of drug-likeness (QED) is 0.744. The molecule has 2 aromatic carbocycles. The molecule has 106 valence electrons. The molecule has 0 fully saturated rings. The smallest absolute Gasteiger partial charge is 0.142 e. The molecule has 4 nitrogen and oxygen atoms in total. The van der Waals surface area contributed by atoms with Crippen molar-refractivity contribution in [3.05, 3.63) is 65.3 Å². The first-order valence-corrected chi connectivity index (χ1v) is 7.29. The number of benzene rings is 2. The predicted octanol–water partition coefficient (Wildman–Crippen LogP) is 4.72. The van der Waals surface area contributed by atoms with Crippen molar-refractivity contribution in [2.24, 2.45) is 7.05 Å². The van der Waals surface area contributed by atoms with E-state index in [1.165, 1.54) is 0 Å². The Morgan fingerprint density at radius 1 is 1.00 bits per heavy atom. The molecule has 0 spiro atoms. The molecule has 3 aromatic rings. The Morgan fingerprint density at radius 3 is 2.29 bits per heavy atom. The van der Waals surface area contributed by atoms with Gasteiger partial charge in [-0.05, 0) is 52.3 Å². The number of hydrogen-bond acceptors (Lipinski definition) is 3. The van der Waals surface area contributed by atoms with Crippen LogP contribution in [0.5, 0.6) is 11.5 Å². The van der Waals surface area contributed by atoms with Crippen molar-refractivity contribution in [1.82, 2.24) is 9.78 Å². The van der Waals surface area contributed by atoms with Crippen LogP contribution in [0.15, 0.2) is 65.3 Å². The molecule has 0 aliphatic rings. The Morgan fingerprint density at radius 2 is 1.67 bits per heavy atom. The van der Waals surface area contributed by atoms with E-state index < -0.39 is 0 Å². The third-order valence-electron chi connectivity index (χ3n) is 2.99. The number of nitrogens with one attached hydrogen (secondary N) is 1. The molecule has 0 radical (unpaired) electrons. The Balaban J connectivity index is 1.72. The minimum absolute atomic E-state index is 0.802. The first kappa shape index (κ1) is 13.7. The van der Waals surface area contributed by atoms with Gasteiger partial charge >= 0.3 is 0 Å². The lowest BCUT2D eigenvalue weighted by Crippen LogP contribution is -1.99. The van der Waals surface area contributed by atoms with Crippen molar-refractivity contribution < 1.29 is 4.74 Å². The van der Waals surface area contributed by atoms with E-state index >= 15 is 0 Å². The van der Waals surface area contributed by atoms with Gasteiger partial charge in [-0.15, -0.1) is 0 Å². The van der Waals surface area contributed by atoms with Gasteiger partial charge in [-0.3, -0.25) is 4.68 Å². The van der Waals surface area contributed by atoms with E-state index in [1.54, 1.807) is 10.9 Å². The van der Waals surface area contributed by atoms with E-state index in [2.05, 4.69) is 26.3 Å². The van der Waals surface area contributed by atoms with Gasteiger partial charge in [-0.25, -0.2) is 0 Å². The van der Waals surface area contributed by atoms with Gasteiger partial charge in [-0.2, -0.15) is 5.10 Å². The fraction of sp³-hybridized carbons (Fsp3) is 0.0625. The van der Waals surface area contributed by atoms with Crippen molar-refractivity contribution in [2.75, 3.05) is 5.32 Å². The summed E-state index contributed by atoms with van der Waals surface area (Å²) >= 11 is 3.46. The fourth-order valence-electron chi connectivity index (χ4n) is 1.92. The topological polar surface area (TPSA) is 39.1 Å². The number of para-hydroxylation sites is 1. The highest BCUT2D eigenvalue weighted by Crippen LogP contribution is 2.27. The third-order valence-corrected chi connectivity index (χ3v) is 3.57. The highest BCUT2D eigenvalue weighted by Gasteiger charge is 2.06. The summed E-state index contributed by atoms with van der Waals surface area (Å²) in [6.07, 6.45) is 1.76. The lowest BCUT2D eigenvalue weighted by molar-refractivity contribution is 0.483. The van der Waals surface area contributed by atoms with Crippen molar-refractivity contribution >= 4 is 27.4 Å². The summed E-state index contributed by atoms with van der Waals surface area (Å²) in [5.74, 6) is 2.54. The van der Waals surface area contributed by atoms with Crippen LogP contribution < -0.4 is 10.1 Å². The Labute approximate surface area is 131 Å². The maximum atomic E-state index is 5.76. The maximum Gasteiger partial charge on any atom is 0.142 e. The minimum atomic E-state index is 0.802. The zero-order valence-corrected chi connectivity index (χ0v) is 13.0. The van der Waals surface area contributed by atoms with Gasteiger partial charge in [0.1, 0.15) is 17.3 Å². The summed E-state index contributed by atoms with van der Waals surface area (Å²) in [6.45, 7) is 0. The van der Waals surface area contributed by atoms with E-state index in [1.807, 2.05) is 61.6 Å². The van der Waals surface area contributed by atoms with Crippen molar-refractivity contribution in [3.8, 4) is 11.5 Å². The molecule has 0 saturated carbocycles. The van der Waals surface area contributed by atoms with Crippen molar-refractivity contribution in [1.29, 1.82) is 0 Å². The summed E-state index contributed by atoms with van der Waals surface area (Å²) < 4.78 is 8.46. The molecule has 0 amide bonds. The number of nitrogens with zero attached hydrogens (tertiary/aromatic N) is 2.